The molecule has 0 spiro atoms. The number of nitrogens with zero attached hydrogens (tertiary/aromatic N) is 4. The van der Waals surface area contributed by atoms with E-state index < -0.39 is 0 Å². The molecule has 5 rings (SSSR count). The SMILES string of the molecule is CN1CCC(C2C(N)N(C3CCN(C)CC3)C2c2nc3ccccc3[nH]2)CC1. The average molecular weight is 383 g/mol. The normalized spacial score (nSPS) is 32.0. The highest BCUT2D eigenvalue weighted by Crippen LogP contribution is 2.50. The Balaban J connectivity index is 1.45. The van der Waals surface area contributed by atoms with Gasteiger partial charge in [-0.05, 0) is 84.0 Å². The van der Waals surface area contributed by atoms with Crippen molar-refractivity contribution in [3.63, 3.8) is 0 Å². The first-order chi connectivity index (χ1) is 13.6. The summed E-state index contributed by atoms with van der Waals surface area (Å²) in [5.41, 5.74) is 9.09. The molecule has 28 heavy (non-hydrogen) atoms. The van der Waals surface area contributed by atoms with Crippen molar-refractivity contribution in [2.75, 3.05) is 40.3 Å². The Morgan fingerprint density at radius 1 is 0.964 bits per heavy atom. The van der Waals surface area contributed by atoms with Crippen molar-refractivity contribution in [3.05, 3.63) is 30.1 Å². The van der Waals surface area contributed by atoms with E-state index in [1.165, 1.54) is 51.9 Å². The van der Waals surface area contributed by atoms with Gasteiger partial charge in [0.05, 0.1) is 23.2 Å². The maximum absolute atomic E-state index is 6.88. The highest BCUT2D eigenvalue weighted by molar-refractivity contribution is 5.74. The lowest BCUT2D eigenvalue weighted by atomic mass is 9.70. The maximum Gasteiger partial charge on any atom is 0.125 e. The van der Waals surface area contributed by atoms with E-state index in [9.17, 15) is 0 Å². The number of piperidine rings is 2. The van der Waals surface area contributed by atoms with Gasteiger partial charge in [0.25, 0.3) is 0 Å². The van der Waals surface area contributed by atoms with Gasteiger partial charge >= 0.3 is 0 Å². The van der Waals surface area contributed by atoms with Crippen LogP contribution in [0.15, 0.2) is 24.3 Å². The standard InChI is InChI=1S/C22H34N6/c1-26-11-7-15(8-12-26)19-20(22-24-17-5-3-4-6-18(17)25-22)28(21(19)23)16-9-13-27(2)14-10-16/h3-6,15-16,19-21H,7-14,23H2,1-2H3,(H,24,25). The lowest BCUT2D eigenvalue weighted by Gasteiger charge is -2.60. The summed E-state index contributed by atoms with van der Waals surface area (Å²) in [4.78, 5) is 16.2. The minimum atomic E-state index is 0.167. The van der Waals surface area contributed by atoms with Crippen LogP contribution in [-0.4, -0.2) is 77.1 Å². The van der Waals surface area contributed by atoms with Crippen LogP contribution in [0.3, 0.4) is 0 Å². The molecule has 3 aliphatic heterocycles. The van der Waals surface area contributed by atoms with Crippen molar-refractivity contribution in [2.45, 2.75) is 43.9 Å². The number of nitrogens with two attached hydrogens (primary N) is 1. The van der Waals surface area contributed by atoms with Gasteiger partial charge < -0.3 is 20.5 Å². The van der Waals surface area contributed by atoms with Crippen LogP contribution < -0.4 is 5.73 Å². The van der Waals surface area contributed by atoms with Crippen molar-refractivity contribution < 1.29 is 0 Å². The molecule has 3 fully saturated rings. The fourth-order valence-electron chi connectivity index (χ4n) is 5.82. The fraction of sp³-hybridized carbons (Fsp3) is 0.682. The van der Waals surface area contributed by atoms with E-state index in [4.69, 9.17) is 10.7 Å². The first-order valence-electron chi connectivity index (χ1n) is 11.0. The van der Waals surface area contributed by atoms with E-state index in [0.717, 1.165) is 16.9 Å². The first-order valence-corrected chi connectivity index (χ1v) is 11.0. The van der Waals surface area contributed by atoms with Gasteiger partial charge in [0.1, 0.15) is 5.82 Å². The molecule has 0 amide bonds. The molecule has 3 unspecified atom stereocenters. The Labute approximate surface area is 168 Å². The molecule has 0 bridgehead atoms. The van der Waals surface area contributed by atoms with Crippen molar-refractivity contribution in [2.24, 2.45) is 17.6 Å². The quantitative estimate of drug-likeness (QED) is 0.853. The molecule has 3 atom stereocenters. The number of benzene rings is 1. The van der Waals surface area contributed by atoms with Crippen molar-refractivity contribution in [1.82, 2.24) is 24.7 Å². The van der Waals surface area contributed by atoms with E-state index in [1.54, 1.807) is 0 Å². The van der Waals surface area contributed by atoms with Crippen LogP contribution in [0.5, 0.6) is 0 Å². The van der Waals surface area contributed by atoms with Crippen LogP contribution in [0.4, 0.5) is 0 Å². The Bertz CT molecular complexity index is 739. The molecule has 1 aromatic heterocycles. The zero-order chi connectivity index (χ0) is 19.3. The third-order valence-corrected chi connectivity index (χ3v) is 7.53. The fourth-order valence-corrected chi connectivity index (χ4v) is 5.82. The van der Waals surface area contributed by atoms with E-state index in [-0.39, 0.29) is 6.17 Å². The molecular formula is C22H34N6. The van der Waals surface area contributed by atoms with E-state index in [2.05, 4.69) is 58.0 Å². The number of para-hydroxylation sites is 2. The molecule has 6 heteroatoms. The second-order valence-electron chi connectivity index (χ2n) is 9.27. The van der Waals surface area contributed by atoms with Crippen molar-refractivity contribution in [3.8, 4) is 0 Å². The van der Waals surface area contributed by atoms with Gasteiger partial charge in [-0.3, -0.25) is 4.90 Å². The highest BCUT2D eigenvalue weighted by Gasteiger charge is 2.54. The van der Waals surface area contributed by atoms with Crippen LogP contribution >= 0.6 is 0 Å². The second-order valence-corrected chi connectivity index (χ2v) is 9.27. The predicted molar refractivity (Wildman–Crippen MR) is 113 cm³/mol. The molecule has 0 saturated carbocycles. The number of fused-ring (bicyclic) bond motifs is 1. The zero-order valence-corrected chi connectivity index (χ0v) is 17.2. The number of rotatable bonds is 3. The molecular weight excluding hydrogens is 348 g/mol. The molecule has 3 N–H and O–H groups in total. The number of hydrogen-bond acceptors (Lipinski definition) is 5. The van der Waals surface area contributed by atoms with Gasteiger partial charge in [-0.2, -0.15) is 0 Å². The monoisotopic (exact) mass is 382 g/mol. The minimum Gasteiger partial charge on any atom is -0.341 e. The van der Waals surface area contributed by atoms with Gasteiger partial charge in [-0.1, -0.05) is 12.1 Å². The Kier molecular flexibility index (Phi) is 4.91. The Morgan fingerprint density at radius 2 is 1.61 bits per heavy atom. The molecule has 4 heterocycles. The number of likely N-dealkylation sites (tertiary alicyclic amines) is 3. The lowest BCUT2D eigenvalue weighted by molar-refractivity contribution is -0.134. The summed E-state index contributed by atoms with van der Waals surface area (Å²) >= 11 is 0. The van der Waals surface area contributed by atoms with Crippen LogP contribution in [-0.2, 0) is 0 Å². The Hall–Kier alpha value is -1.47. The number of hydrogen-bond donors (Lipinski definition) is 2. The van der Waals surface area contributed by atoms with Gasteiger partial charge in [-0.15, -0.1) is 0 Å². The molecule has 1 aromatic carbocycles. The summed E-state index contributed by atoms with van der Waals surface area (Å²) in [7, 11) is 4.46. The number of nitrogens with one attached hydrogen (secondary N) is 1. The molecule has 0 radical (unpaired) electrons. The minimum absolute atomic E-state index is 0.167. The largest absolute Gasteiger partial charge is 0.341 e. The Morgan fingerprint density at radius 3 is 2.29 bits per heavy atom. The third kappa shape index (κ3) is 3.16. The lowest BCUT2D eigenvalue weighted by Crippen LogP contribution is -2.69. The zero-order valence-electron chi connectivity index (χ0n) is 17.2. The highest BCUT2D eigenvalue weighted by atomic mass is 15.4. The number of H-pyrrole nitrogens is 1. The van der Waals surface area contributed by atoms with Crippen molar-refractivity contribution in [1.29, 1.82) is 0 Å². The third-order valence-electron chi connectivity index (χ3n) is 7.53. The average Bonchev–Trinajstić information content (AvgIpc) is 3.12. The topological polar surface area (TPSA) is 64.4 Å². The summed E-state index contributed by atoms with van der Waals surface area (Å²) in [6.45, 7) is 4.71. The van der Waals surface area contributed by atoms with Crippen LogP contribution in [0.1, 0.15) is 37.5 Å². The van der Waals surface area contributed by atoms with Gasteiger partial charge in [-0.25, -0.2) is 4.98 Å². The molecule has 2 aromatic rings. The summed E-state index contributed by atoms with van der Waals surface area (Å²) in [5.74, 6) is 2.34. The number of aromatic amines is 1. The number of imidazole rings is 1. The predicted octanol–water partition coefficient (Wildman–Crippen LogP) is 2.26. The molecule has 152 valence electrons. The maximum atomic E-state index is 6.88. The van der Waals surface area contributed by atoms with Crippen LogP contribution in [0.2, 0.25) is 0 Å². The van der Waals surface area contributed by atoms with Gasteiger partial charge in [0.15, 0.2) is 0 Å². The van der Waals surface area contributed by atoms with Crippen LogP contribution in [0.25, 0.3) is 11.0 Å². The molecule has 3 aliphatic rings. The van der Waals surface area contributed by atoms with Gasteiger partial charge in [0, 0.05) is 12.0 Å². The second kappa shape index (κ2) is 7.41. The van der Waals surface area contributed by atoms with E-state index in [1.807, 2.05) is 0 Å². The smallest absolute Gasteiger partial charge is 0.125 e. The number of aromatic nitrogens is 2. The molecule has 0 aliphatic carbocycles. The summed E-state index contributed by atoms with van der Waals surface area (Å²) in [6, 6.07) is 9.31. The summed E-state index contributed by atoms with van der Waals surface area (Å²) in [5, 5.41) is 0. The molecule has 6 nitrogen and oxygen atoms in total. The van der Waals surface area contributed by atoms with Gasteiger partial charge in [0.2, 0.25) is 0 Å². The first kappa shape index (κ1) is 18.6. The summed E-state index contributed by atoms with van der Waals surface area (Å²) < 4.78 is 0. The van der Waals surface area contributed by atoms with Crippen LogP contribution in [0, 0.1) is 11.8 Å². The summed E-state index contributed by atoms with van der Waals surface area (Å²) in [6.07, 6.45) is 5.10. The molecule has 3 saturated heterocycles. The van der Waals surface area contributed by atoms with E-state index in [0.29, 0.717) is 23.9 Å². The van der Waals surface area contributed by atoms with Crippen molar-refractivity contribution >= 4 is 11.0 Å². The van der Waals surface area contributed by atoms with E-state index >= 15 is 0 Å².